The molecule has 1 atom stereocenters. The maximum absolute atomic E-state index is 11.5. The summed E-state index contributed by atoms with van der Waals surface area (Å²) >= 11 is 0. The third-order valence-electron chi connectivity index (χ3n) is 2.49. The molecule has 0 aliphatic carbocycles. The zero-order valence-corrected chi connectivity index (χ0v) is 11.3. The van der Waals surface area contributed by atoms with Crippen molar-refractivity contribution < 1.29 is 14.3 Å². The highest BCUT2D eigenvalue weighted by Gasteiger charge is 2.15. The van der Waals surface area contributed by atoms with Crippen LogP contribution in [-0.4, -0.2) is 30.9 Å². The predicted octanol–water partition coefficient (Wildman–Crippen LogP) is 2.07. The summed E-state index contributed by atoms with van der Waals surface area (Å²) in [5.74, 6) is -0.0707. The smallest absolute Gasteiger partial charge is 0.222 e. The lowest BCUT2D eigenvalue weighted by molar-refractivity contribution is -0.127. The normalized spacial score (nSPS) is 12.2. The number of carbonyl (C=O) groups is 2. The molecule has 0 spiro atoms. The number of nitrogens with one attached hydrogen (secondary N) is 1. The molecule has 0 heterocycles. The van der Waals surface area contributed by atoms with Crippen LogP contribution in [0.2, 0.25) is 0 Å². The summed E-state index contributed by atoms with van der Waals surface area (Å²) in [6, 6.07) is -0.325. The van der Waals surface area contributed by atoms with Gasteiger partial charge in [0.1, 0.15) is 0 Å². The minimum atomic E-state index is -0.325. The van der Waals surface area contributed by atoms with Crippen LogP contribution in [0, 0.1) is 0 Å². The highest BCUT2D eigenvalue weighted by molar-refractivity contribution is 5.87. The second-order valence-corrected chi connectivity index (χ2v) is 4.24. The van der Waals surface area contributed by atoms with Gasteiger partial charge < -0.3 is 10.1 Å². The first-order chi connectivity index (χ1) is 8.11. The van der Waals surface area contributed by atoms with E-state index in [0.717, 1.165) is 25.7 Å². The third-order valence-corrected chi connectivity index (χ3v) is 2.49. The molecule has 1 N–H and O–H groups in total. The highest BCUT2D eigenvalue weighted by atomic mass is 16.5. The molecule has 0 aromatic rings. The Morgan fingerprint density at radius 2 is 1.88 bits per heavy atom. The molecule has 0 radical (unpaired) electrons. The molecule has 0 unspecified atom stereocenters. The summed E-state index contributed by atoms with van der Waals surface area (Å²) < 4.78 is 5.23. The van der Waals surface area contributed by atoms with Crippen molar-refractivity contribution in [3.63, 3.8) is 0 Å². The minimum Gasteiger partial charge on any atom is -0.381 e. The fourth-order valence-corrected chi connectivity index (χ4v) is 1.46. The molecular formula is C13H25NO3. The van der Waals surface area contributed by atoms with Crippen molar-refractivity contribution >= 4 is 11.7 Å². The molecule has 0 rings (SSSR count). The summed E-state index contributed by atoms with van der Waals surface area (Å²) in [5.41, 5.74) is 0. The second kappa shape index (κ2) is 10.3. The molecule has 4 nitrogen and oxygen atoms in total. The molecule has 17 heavy (non-hydrogen) atoms. The topological polar surface area (TPSA) is 55.4 Å². The van der Waals surface area contributed by atoms with Crippen LogP contribution in [0.5, 0.6) is 0 Å². The number of amides is 1. The van der Waals surface area contributed by atoms with Gasteiger partial charge in [-0.1, -0.05) is 26.7 Å². The number of rotatable bonds is 10. The Morgan fingerprint density at radius 1 is 1.18 bits per heavy atom. The van der Waals surface area contributed by atoms with E-state index in [2.05, 4.69) is 12.2 Å². The number of hydrogen-bond donors (Lipinski definition) is 1. The van der Waals surface area contributed by atoms with Crippen LogP contribution in [0.25, 0.3) is 0 Å². The van der Waals surface area contributed by atoms with Gasteiger partial charge in [-0.25, -0.2) is 0 Å². The maximum Gasteiger partial charge on any atom is 0.222 e. The van der Waals surface area contributed by atoms with Crippen molar-refractivity contribution in [2.75, 3.05) is 13.2 Å². The summed E-state index contributed by atoms with van der Waals surface area (Å²) in [6.45, 7) is 6.72. The zero-order chi connectivity index (χ0) is 13.1. The summed E-state index contributed by atoms with van der Waals surface area (Å²) in [5, 5.41) is 2.76. The number of ether oxygens (including phenoxy) is 1. The van der Waals surface area contributed by atoms with Gasteiger partial charge in [-0.3, -0.25) is 9.59 Å². The van der Waals surface area contributed by atoms with Crippen molar-refractivity contribution in [2.45, 2.75) is 58.9 Å². The van der Waals surface area contributed by atoms with E-state index in [4.69, 9.17) is 4.74 Å². The molecule has 0 saturated heterocycles. The standard InChI is InChI=1S/C13H25NO3/c1-4-6-7-12(11(3)15)14-13(16)8-10-17-9-5-2/h12H,4-10H2,1-3H3,(H,14,16)/t12-/m1/s1. The third kappa shape index (κ3) is 8.86. The molecule has 4 heteroatoms. The fourth-order valence-electron chi connectivity index (χ4n) is 1.46. The highest BCUT2D eigenvalue weighted by Crippen LogP contribution is 2.02. The van der Waals surface area contributed by atoms with Gasteiger partial charge in [0.2, 0.25) is 5.91 Å². The number of ketones is 1. The number of carbonyl (C=O) groups excluding carboxylic acids is 2. The Morgan fingerprint density at radius 3 is 2.41 bits per heavy atom. The van der Waals surface area contributed by atoms with Gasteiger partial charge in [-0.05, 0) is 19.8 Å². The van der Waals surface area contributed by atoms with Gasteiger partial charge in [0.15, 0.2) is 5.78 Å². The lowest BCUT2D eigenvalue weighted by Crippen LogP contribution is -2.40. The van der Waals surface area contributed by atoms with Gasteiger partial charge in [0.05, 0.1) is 12.6 Å². The Labute approximate surface area is 104 Å². The van der Waals surface area contributed by atoms with Crippen LogP contribution in [0.3, 0.4) is 0 Å². The molecule has 1 amide bonds. The van der Waals surface area contributed by atoms with E-state index in [0.29, 0.717) is 19.6 Å². The van der Waals surface area contributed by atoms with E-state index in [9.17, 15) is 9.59 Å². The van der Waals surface area contributed by atoms with Crippen LogP contribution < -0.4 is 5.32 Å². The molecule has 0 aliphatic heterocycles. The molecule has 0 aromatic carbocycles. The number of unbranched alkanes of at least 4 members (excludes halogenated alkanes) is 1. The quantitative estimate of drug-likeness (QED) is 0.598. The fraction of sp³-hybridized carbons (Fsp3) is 0.846. The van der Waals surface area contributed by atoms with Gasteiger partial charge in [0, 0.05) is 13.0 Å². The van der Waals surface area contributed by atoms with E-state index in [1.807, 2.05) is 6.92 Å². The van der Waals surface area contributed by atoms with Crippen molar-refractivity contribution in [2.24, 2.45) is 0 Å². The molecule has 100 valence electrons. The summed E-state index contributed by atoms with van der Waals surface area (Å²) in [4.78, 5) is 22.9. The largest absolute Gasteiger partial charge is 0.381 e. The Hall–Kier alpha value is -0.900. The van der Waals surface area contributed by atoms with Crippen LogP contribution in [-0.2, 0) is 14.3 Å². The SMILES string of the molecule is CCCC[C@@H](NC(=O)CCOCCC)C(C)=O. The van der Waals surface area contributed by atoms with Gasteiger partial charge in [-0.2, -0.15) is 0 Å². The Bertz CT molecular complexity index is 229. The number of Topliss-reactive ketones (excluding diaryl/α,β-unsaturated/α-hetero) is 1. The average Bonchev–Trinajstić information content (AvgIpc) is 2.29. The Balaban J connectivity index is 3.83. The molecular weight excluding hydrogens is 218 g/mol. The monoisotopic (exact) mass is 243 g/mol. The summed E-state index contributed by atoms with van der Waals surface area (Å²) in [7, 11) is 0. The molecule has 0 aliphatic rings. The molecule has 0 bridgehead atoms. The first-order valence-electron chi connectivity index (χ1n) is 6.49. The molecule has 0 saturated carbocycles. The maximum atomic E-state index is 11.5. The minimum absolute atomic E-state index is 0.0290. The van der Waals surface area contributed by atoms with Crippen molar-refractivity contribution in [3.8, 4) is 0 Å². The first-order valence-corrected chi connectivity index (χ1v) is 6.49. The van der Waals surface area contributed by atoms with Crippen molar-refractivity contribution in [1.82, 2.24) is 5.32 Å². The molecule has 0 fully saturated rings. The van der Waals surface area contributed by atoms with Crippen LogP contribution >= 0.6 is 0 Å². The van der Waals surface area contributed by atoms with Gasteiger partial charge in [-0.15, -0.1) is 0 Å². The van der Waals surface area contributed by atoms with E-state index in [1.54, 1.807) is 0 Å². The first kappa shape index (κ1) is 16.1. The number of hydrogen-bond acceptors (Lipinski definition) is 3. The van der Waals surface area contributed by atoms with E-state index < -0.39 is 0 Å². The molecule has 0 aromatic heterocycles. The van der Waals surface area contributed by atoms with E-state index >= 15 is 0 Å². The Kier molecular flexibility index (Phi) is 9.72. The van der Waals surface area contributed by atoms with E-state index in [-0.39, 0.29) is 17.7 Å². The van der Waals surface area contributed by atoms with Crippen LogP contribution in [0.15, 0.2) is 0 Å². The van der Waals surface area contributed by atoms with Crippen LogP contribution in [0.4, 0.5) is 0 Å². The predicted molar refractivity (Wildman–Crippen MR) is 67.9 cm³/mol. The lowest BCUT2D eigenvalue weighted by Gasteiger charge is -2.15. The second-order valence-electron chi connectivity index (χ2n) is 4.24. The van der Waals surface area contributed by atoms with E-state index in [1.165, 1.54) is 6.92 Å². The summed E-state index contributed by atoms with van der Waals surface area (Å²) in [6.07, 6.45) is 3.99. The lowest BCUT2D eigenvalue weighted by atomic mass is 10.1. The van der Waals surface area contributed by atoms with Gasteiger partial charge >= 0.3 is 0 Å². The zero-order valence-electron chi connectivity index (χ0n) is 11.3. The van der Waals surface area contributed by atoms with Crippen LogP contribution in [0.1, 0.15) is 52.9 Å². The van der Waals surface area contributed by atoms with Gasteiger partial charge in [0.25, 0.3) is 0 Å². The average molecular weight is 243 g/mol. The van der Waals surface area contributed by atoms with Crippen molar-refractivity contribution in [1.29, 1.82) is 0 Å². The van der Waals surface area contributed by atoms with Crippen molar-refractivity contribution in [3.05, 3.63) is 0 Å².